The third-order valence-corrected chi connectivity index (χ3v) is 9.51. The summed E-state index contributed by atoms with van der Waals surface area (Å²) >= 11 is 0. The maximum Gasteiger partial charge on any atom is 0.343 e. The summed E-state index contributed by atoms with van der Waals surface area (Å²) in [6, 6.07) is 25.1. The Morgan fingerprint density at radius 2 is 1.57 bits per heavy atom. The number of fused-ring (bicyclic) bond motifs is 1. The molecule has 0 N–H and O–H groups in total. The summed E-state index contributed by atoms with van der Waals surface area (Å²) in [7, 11) is 3.29. The van der Waals surface area contributed by atoms with Crippen molar-refractivity contribution in [2.45, 2.75) is 38.7 Å². The molecule has 0 fully saturated rings. The number of hydrogen-bond acceptors (Lipinski definition) is 9. The number of benzene rings is 4. The van der Waals surface area contributed by atoms with Crippen molar-refractivity contribution in [3.8, 4) is 11.5 Å². The first kappa shape index (κ1) is 30.9. The molecule has 1 unspecified atom stereocenters. The number of allylic oxidation sites excluding steroid dienone is 1. The molecule has 1 heterocycles. The summed E-state index contributed by atoms with van der Waals surface area (Å²) in [5.74, 6) is -0.505. The number of nitrogens with zero attached hydrogens (tertiary/aromatic N) is 1. The first-order valence-corrected chi connectivity index (χ1v) is 16.1. The summed E-state index contributed by atoms with van der Waals surface area (Å²) in [5, 5.41) is 11.6. The Morgan fingerprint density at radius 1 is 0.886 bits per heavy atom. The Balaban J connectivity index is 1.19. The first-order chi connectivity index (χ1) is 21.2. The van der Waals surface area contributed by atoms with E-state index in [2.05, 4.69) is 11.4 Å². The number of esters is 2. The molecule has 8 nitrogen and oxygen atoms in total. The second kappa shape index (κ2) is 13.8. The molecule has 44 heavy (non-hydrogen) atoms. The highest BCUT2D eigenvalue weighted by molar-refractivity contribution is 8.82. The van der Waals surface area contributed by atoms with E-state index in [1.54, 1.807) is 77.0 Å². The van der Waals surface area contributed by atoms with Gasteiger partial charge in [0.15, 0.2) is 0 Å². The van der Waals surface area contributed by atoms with E-state index in [1.807, 2.05) is 49.4 Å². The molecule has 10 heteroatoms. The van der Waals surface area contributed by atoms with Crippen molar-refractivity contribution in [3.05, 3.63) is 135 Å². The summed E-state index contributed by atoms with van der Waals surface area (Å²) in [6.07, 6.45) is 2.33. The smallest absolute Gasteiger partial charge is 0.343 e. The van der Waals surface area contributed by atoms with Gasteiger partial charge in [0, 0.05) is 9.81 Å². The van der Waals surface area contributed by atoms with Gasteiger partial charge in [-0.3, -0.25) is 4.79 Å². The highest BCUT2D eigenvalue weighted by atomic mass is 33.1. The maximum atomic E-state index is 12.9. The summed E-state index contributed by atoms with van der Waals surface area (Å²) in [4.78, 5) is 43.1. The van der Waals surface area contributed by atoms with Crippen LogP contribution in [-0.4, -0.2) is 23.1 Å². The molecule has 2 atom stereocenters. The summed E-state index contributed by atoms with van der Waals surface area (Å²) < 4.78 is 11.2. The van der Waals surface area contributed by atoms with Crippen LogP contribution in [0.5, 0.6) is 11.5 Å². The average Bonchev–Trinajstić information content (AvgIpc) is 3.46. The Labute approximate surface area is 262 Å². The van der Waals surface area contributed by atoms with Gasteiger partial charge in [0.05, 0.1) is 11.5 Å². The Hall–Kier alpha value is -4.54. The van der Waals surface area contributed by atoms with Crippen LogP contribution in [0.15, 0.2) is 102 Å². The molecule has 1 aliphatic rings. The molecule has 0 aromatic heterocycles. The van der Waals surface area contributed by atoms with Crippen LogP contribution in [0, 0.1) is 10.1 Å². The van der Waals surface area contributed by atoms with Gasteiger partial charge in [0.1, 0.15) is 17.6 Å². The lowest BCUT2D eigenvalue weighted by Crippen LogP contribution is -2.19. The van der Waals surface area contributed by atoms with Crippen LogP contribution in [-0.2, 0) is 16.1 Å². The van der Waals surface area contributed by atoms with E-state index in [1.165, 1.54) is 0 Å². The lowest BCUT2D eigenvalue weighted by Gasteiger charge is -2.13. The van der Waals surface area contributed by atoms with Crippen LogP contribution in [0.4, 0.5) is 0 Å². The number of hydrogen-bond donors (Lipinski definition) is 0. The molecular formula is C34H29NO7S2. The van der Waals surface area contributed by atoms with Gasteiger partial charge in [0.25, 0.3) is 5.09 Å². The average molecular weight is 628 g/mol. The van der Waals surface area contributed by atoms with Gasteiger partial charge in [-0.1, -0.05) is 83.6 Å². The van der Waals surface area contributed by atoms with Gasteiger partial charge >= 0.3 is 11.9 Å². The van der Waals surface area contributed by atoms with Crippen LogP contribution in [0.1, 0.15) is 53.2 Å². The molecule has 1 aliphatic heterocycles. The summed E-state index contributed by atoms with van der Waals surface area (Å²) in [6.45, 7) is 7.57. The molecule has 0 saturated heterocycles. The SMILES string of the molecule is C=C1C=C(c2ccc(OC(=O)[C@@H](C)c3ccc4cc(OC(=O)c5ccc(CC(CC)O[N+](=O)[O-])cc5)ccc4c3)cc2)SS1. The first-order valence-electron chi connectivity index (χ1n) is 13.9. The molecule has 0 spiro atoms. The molecule has 0 saturated carbocycles. The minimum Gasteiger partial charge on any atom is -0.426 e. The lowest BCUT2D eigenvalue weighted by atomic mass is 9.98. The van der Waals surface area contributed by atoms with Gasteiger partial charge in [-0.2, -0.15) is 0 Å². The van der Waals surface area contributed by atoms with Crippen molar-refractivity contribution in [3.63, 3.8) is 0 Å². The number of rotatable bonds is 11. The molecule has 224 valence electrons. The predicted molar refractivity (Wildman–Crippen MR) is 174 cm³/mol. The number of ether oxygens (including phenoxy) is 2. The number of carbonyl (C=O) groups is 2. The van der Waals surface area contributed by atoms with E-state index < -0.39 is 23.1 Å². The van der Waals surface area contributed by atoms with Crippen LogP contribution in [0.25, 0.3) is 15.7 Å². The van der Waals surface area contributed by atoms with Crippen LogP contribution in [0.2, 0.25) is 0 Å². The van der Waals surface area contributed by atoms with E-state index >= 15 is 0 Å². The Kier molecular flexibility index (Phi) is 9.72. The third-order valence-electron chi connectivity index (χ3n) is 7.13. The van der Waals surface area contributed by atoms with Crippen LogP contribution >= 0.6 is 21.6 Å². The fourth-order valence-corrected chi connectivity index (χ4v) is 6.64. The van der Waals surface area contributed by atoms with E-state index in [-0.39, 0.29) is 5.97 Å². The van der Waals surface area contributed by atoms with Crippen molar-refractivity contribution in [2.75, 3.05) is 0 Å². The third kappa shape index (κ3) is 7.69. The van der Waals surface area contributed by atoms with Crippen molar-refractivity contribution in [2.24, 2.45) is 0 Å². The van der Waals surface area contributed by atoms with Gasteiger partial charge < -0.3 is 14.3 Å². The standard InChI is InChI=1S/C34H29NO7S2/c1-4-29(42-35(38)39)18-23-5-7-25(8-6-23)34(37)41-31-16-13-27-19-26(9-10-28(27)20-31)22(3)33(36)40-30-14-11-24(12-15-30)32-17-21(2)43-44-32/h5-17,19-20,22,29H,2,4,18H2,1,3H3/t22-,29?/m0/s1. The Bertz CT molecular complexity index is 1750. The van der Waals surface area contributed by atoms with E-state index in [0.717, 1.165) is 37.3 Å². The highest BCUT2D eigenvalue weighted by Gasteiger charge is 2.19. The molecule has 0 bridgehead atoms. The largest absolute Gasteiger partial charge is 0.426 e. The van der Waals surface area contributed by atoms with Crippen LogP contribution in [0.3, 0.4) is 0 Å². The fraction of sp³-hybridized carbons (Fsp3) is 0.176. The van der Waals surface area contributed by atoms with Gasteiger partial charge in [-0.05, 0) is 89.7 Å². The van der Waals surface area contributed by atoms with Gasteiger partial charge in [0.2, 0.25) is 0 Å². The molecule has 0 radical (unpaired) electrons. The normalized spacial score (nSPS) is 14.0. The molecule has 0 amide bonds. The van der Waals surface area contributed by atoms with E-state index in [4.69, 9.17) is 9.47 Å². The number of carbonyl (C=O) groups excluding carboxylic acids is 2. The zero-order chi connectivity index (χ0) is 31.2. The molecule has 0 aliphatic carbocycles. The molecule has 4 aromatic carbocycles. The maximum absolute atomic E-state index is 12.9. The lowest BCUT2D eigenvalue weighted by molar-refractivity contribution is -0.768. The highest BCUT2D eigenvalue weighted by Crippen LogP contribution is 2.48. The topological polar surface area (TPSA) is 105 Å². The fourth-order valence-electron chi connectivity index (χ4n) is 4.61. The van der Waals surface area contributed by atoms with Gasteiger partial charge in [-0.15, -0.1) is 10.1 Å². The monoisotopic (exact) mass is 627 g/mol. The second-order valence-electron chi connectivity index (χ2n) is 10.2. The predicted octanol–water partition coefficient (Wildman–Crippen LogP) is 8.55. The van der Waals surface area contributed by atoms with Crippen molar-refractivity contribution < 1.29 is 29.0 Å². The summed E-state index contributed by atoms with van der Waals surface area (Å²) in [5.41, 5.74) is 3.03. The quantitative estimate of drug-likeness (QED) is 0.0532. The molecule has 4 aromatic rings. The van der Waals surface area contributed by atoms with Crippen molar-refractivity contribution in [1.82, 2.24) is 0 Å². The zero-order valence-corrected chi connectivity index (χ0v) is 25.7. The molecule has 5 rings (SSSR count). The zero-order valence-electron chi connectivity index (χ0n) is 24.1. The second-order valence-corrected chi connectivity index (χ2v) is 12.5. The molecular weight excluding hydrogens is 599 g/mol. The van der Waals surface area contributed by atoms with Crippen molar-refractivity contribution in [1.29, 1.82) is 0 Å². The van der Waals surface area contributed by atoms with Crippen molar-refractivity contribution >= 4 is 49.2 Å². The minimum absolute atomic E-state index is 0.355. The van der Waals surface area contributed by atoms with Gasteiger partial charge in [-0.25, -0.2) is 4.79 Å². The van der Waals surface area contributed by atoms with E-state index in [0.29, 0.717) is 29.9 Å². The van der Waals surface area contributed by atoms with Crippen LogP contribution < -0.4 is 9.47 Å². The minimum atomic E-state index is -0.786. The van der Waals surface area contributed by atoms with E-state index in [9.17, 15) is 19.7 Å². The Morgan fingerprint density at radius 3 is 2.23 bits per heavy atom.